The van der Waals surface area contributed by atoms with E-state index >= 15 is 0 Å². The average Bonchev–Trinajstić information content (AvgIpc) is 1.94. The second-order valence-corrected chi connectivity index (χ2v) is 5.02. The fourth-order valence-corrected chi connectivity index (χ4v) is 1.59. The van der Waals surface area contributed by atoms with Crippen molar-refractivity contribution in [1.82, 2.24) is 0 Å². The molecule has 0 aliphatic carbocycles. The van der Waals surface area contributed by atoms with E-state index in [1.54, 1.807) is 18.2 Å². The van der Waals surface area contributed by atoms with Gasteiger partial charge in [0.15, 0.2) is 0 Å². The van der Waals surface area contributed by atoms with Gasteiger partial charge in [-0.3, -0.25) is 0 Å². The Morgan fingerprint density at radius 2 is 2.15 bits per heavy atom. The van der Waals surface area contributed by atoms with Gasteiger partial charge in [0.1, 0.15) is 5.75 Å². The predicted octanol–water partition coefficient (Wildman–Crippen LogP) is 2.84. The van der Waals surface area contributed by atoms with Gasteiger partial charge in [0.2, 0.25) is 0 Å². The topological polar surface area (TPSA) is 46.5 Å². The van der Waals surface area contributed by atoms with E-state index in [2.05, 4.69) is 0 Å². The predicted molar refractivity (Wildman–Crippen MR) is 52.6 cm³/mol. The third-order valence-electron chi connectivity index (χ3n) is 1.35. The lowest BCUT2D eigenvalue weighted by Gasteiger charge is -2.10. The highest BCUT2D eigenvalue weighted by atomic mass is 35.5. The molecule has 0 spiro atoms. The summed E-state index contributed by atoms with van der Waals surface area (Å²) >= 11 is 5.75. The van der Waals surface area contributed by atoms with E-state index in [1.807, 2.05) is 6.92 Å². The molecule has 1 aromatic rings. The van der Waals surface area contributed by atoms with Crippen LogP contribution in [0, 0.1) is 6.92 Å². The fraction of sp³-hybridized carbons (Fsp3) is 0.250. The van der Waals surface area contributed by atoms with E-state index in [1.165, 1.54) is 0 Å². The zero-order chi connectivity index (χ0) is 10.1. The zero-order valence-corrected chi connectivity index (χ0v) is 8.97. The van der Waals surface area contributed by atoms with Crippen molar-refractivity contribution in [3.8, 4) is 5.75 Å². The molecule has 0 saturated carbocycles. The molecule has 1 N–H and O–H groups in total. The number of hydrogen-bond donors (Lipinski definition) is 1. The first kappa shape index (κ1) is 10.6. The fourth-order valence-electron chi connectivity index (χ4n) is 0.863. The SMILES string of the molecule is Cc1ccc(Cl)c(OP(C)(=O)O)c1. The first-order chi connectivity index (χ1) is 5.88. The van der Waals surface area contributed by atoms with Crippen LogP contribution in [0.5, 0.6) is 5.75 Å². The molecule has 3 nitrogen and oxygen atoms in total. The van der Waals surface area contributed by atoms with E-state index in [0.29, 0.717) is 5.02 Å². The Morgan fingerprint density at radius 3 is 2.69 bits per heavy atom. The summed E-state index contributed by atoms with van der Waals surface area (Å²) in [6.07, 6.45) is 0. The molecule has 1 unspecified atom stereocenters. The Hall–Kier alpha value is -0.500. The highest BCUT2D eigenvalue weighted by molar-refractivity contribution is 7.52. The zero-order valence-electron chi connectivity index (χ0n) is 7.32. The first-order valence-corrected chi connectivity index (χ1v) is 6.05. The Kier molecular flexibility index (Phi) is 3.01. The van der Waals surface area contributed by atoms with Gasteiger partial charge >= 0.3 is 7.60 Å². The van der Waals surface area contributed by atoms with Gasteiger partial charge in [-0.2, -0.15) is 0 Å². The highest BCUT2D eigenvalue weighted by Crippen LogP contribution is 2.41. The summed E-state index contributed by atoms with van der Waals surface area (Å²) in [5.41, 5.74) is 0.924. The van der Waals surface area contributed by atoms with Gasteiger partial charge in [0, 0.05) is 6.66 Å². The smallest absolute Gasteiger partial charge is 0.373 e. The van der Waals surface area contributed by atoms with Crippen molar-refractivity contribution in [1.29, 1.82) is 0 Å². The van der Waals surface area contributed by atoms with Crippen LogP contribution in [0.1, 0.15) is 5.56 Å². The van der Waals surface area contributed by atoms with Gasteiger partial charge < -0.3 is 9.42 Å². The van der Waals surface area contributed by atoms with Gasteiger partial charge in [-0.15, -0.1) is 0 Å². The monoisotopic (exact) mass is 220 g/mol. The summed E-state index contributed by atoms with van der Waals surface area (Å²) in [4.78, 5) is 8.96. The number of benzene rings is 1. The number of rotatable bonds is 2. The Labute approximate surface area is 81.8 Å². The van der Waals surface area contributed by atoms with Gasteiger partial charge in [-0.05, 0) is 24.6 Å². The largest absolute Gasteiger partial charge is 0.423 e. The maximum atomic E-state index is 10.9. The van der Waals surface area contributed by atoms with Gasteiger partial charge in [-0.1, -0.05) is 17.7 Å². The molecule has 0 amide bonds. The molecule has 1 rings (SSSR count). The van der Waals surface area contributed by atoms with E-state index in [0.717, 1.165) is 12.2 Å². The summed E-state index contributed by atoms with van der Waals surface area (Å²) in [7, 11) is -3.52. The van der Waals surface area contributed by atoms with Gasteiger partial charge in [0.05, 0.1) is 5.02 Å². The first-order valence-electron chi connectivity index (χ1n) is 3.64. The van der Waals surface area contributed by atoms with Crippen molar-refractivity contribution in [3.05, 3.63) is 28.8 Å². The van der Waals surface area contributed by atoms with Gasteiger partial charge in [-0.25, -0.2) is 4.57 Å². The van der Waals surface area contributed by atoms with E-state index in [-0.39, 0.29) is 5.75 Å². The molecule has 1 atom stereocenters. The lowest BCUT2D eigenvalue weighted by atomic mass is 10.2. The molecule has 0 aromatic heterocycles. The summed E-state index contributed by atoms with van der Waals surface area (Å²) < 4.78 is 15.7. The molecule has 0 heterocycles. The van der Waals surface area contributed by atoms with Crippen LogP contribution in [-0.4, -0.2) is 11.6 Å². The summed E-state index contributed by atoms with van der Waals surface area (Å²) in [5, 5.41) is 0.335. The molecule has 0 bridgehead atoms. The van der Waals surface area contributed by atoms with Crippen molar-refractivity contribution >= 4 is 19.2 Å². The maximum Gasteiger partial charge on any atom is 0.373 e. The van der Waals surface area contributed by atoms with Gasteiger partial charge in [0.25, 0.3) is 0 Å². The second-order valence-electron chi connectivity index (χ2n) is 2.83. The summed E-state index contributed by atoms with van der Waals surface area (Å²) in [6.45, 7) is 2.97. The van der Waals surface area contributed by atoms with Crippen molar-refractivity contribution in [2.45, 2.75) is 6.92 Å². The molecule has 5 heteroatoms. The lowest BCUT2D eigenvalue weighted by Crippen LogP contribution is -1.90. The molecular formula is C8H10ClO3P. The quantitative estimate of drug-likeness (QED) is 0.780. The molecule has 1 aromatic carbocycles. The Balaban J connectivity index is 3.01. The second kappa shape index (κ2) is 3.70. The summed E-state index contributed by atoms with van der Waals surface area (Å²) in [6, 6.07) is 5.05. The number of hydrogen-bond acceptors (Lipinski definition) is 2. The van der Waals surface area contributed by atoms with Crippen LogP contribution in [0.15, 0.2) is 18.2 Å². The molecule has 0 fully saturated rings. The normalized spacial score (nSPS) is 15.1. The number of halogens is 1. The Bertz CT molecular complexity index is 358. The minimum absolute atomic E-state index is 0.245. The number of aryl methyl sites for hydroxylation is 1. The third-order valence-corrected chi connectivity index (χ3v) is 2.20. The highest BCUT2D eigenvalue weighted by Gasteiger charge is 2.14. The maximum absolute atomic E-state index is 10.9. The minimum atomic E-state index is -3.52. The molecule has 0 aliphatic rings. The van der Waals surface area contributed by atoms with Crippen LogP contribution in [-0.2, 0) is 4.57 Å². The van der Waals surface area contributed by atoms with E-state index in [9.17, 15) is 4.57 Å². The van der Waals surface area contributed by atoms with Crippen molar-refractivity contribution in [3.63, 3.8) is 0 Å². The third kappa shape index (κ3) is 3.39. The molecule has 0 aliphatic heterocycles. The van der Waals surface area contributed by atoms with E-state index < -0.39 is 7.60 Å². The molecule has 0 radical (unpaired) electrons. The molecule has 72 valence electrons. The van der Waals surface area contributed by atoms with E-state index in [4.69, 9.17) is 21.0 Å². The molecule has 0 saturated heterocycles. The van der Waals surface area contributed by atoms with Crippen LogP contribution < -0.4 is 4.52 Å². The standard InChI is InChI=1S/C8H10ClO3P/c1-6-3-4-7(9)8(5-6)12-13(2,10)11/h3-5H,1-2H3,(H,10,11). The van der Waals surface area contributed by atoms with Crippen LogP contribution >= 0.6 is 19.2 Å². The van der Waals surface area contributed by atoms with Crippen LogP contribution in [0.2, 0.25) is 5.02 Å². The summed E-state index contributed by atoms with van der Waals surface area (Å²) in [5.74, 6) is 0.245. The minimum Gasteiger partial charge on any atom is -0.423 e. The molecule has 13 heavy (non-hydrogen) atoms. The Morgan fingerprint density at radius 1 is 1.54 bits per heavy atom. The van der Waals surface area contributed by atoms with Crippen LogP contribution in [0.25, 0.3) is 0 Å². The van der Waals surface area contributed by atoms with Crippen LogP contribution in [0.3, 0.4) is 0 Å². The molecular weight excluding hydrogens is 211 g/mol. The van der Waals surface area contributed by atoms with Crippen molar-refractivity contribution < 1.29 is 14.0 Å². The lowest BCUT2D eigenvalue weighted by molar-refractivity contribution is 0.387. The van der Waals surface area contributed by atoms with Crippen molar-refractivity contribution in [2.75, 3.05) is 6.66 Å². The van der Waals surface area contributed by atoms with Crippen molar-refractivity contribution in [2.24, 2.45) is 0 Å². The average molecular weight is 221 g/mol. The van der Waals surface area contributed by atoms with Crippen LogP contribution in [0.4, 0.5) is 0 Å².